The molecule has 1 saturated heterocycles. The van der Waals surface area contributed by atoms with Crippen molar-refractivity contribution in [3.8, 4) is 16.9 Å². The average molecular weight is 431 g/mol. The molecule has 3 atom stereocenters. The fourth-order valence-corrected chi connectivity index (χ4v) is 5.20. The Kier molecular flexibility index (Phi) is 5.27. The number of benzene rings is 2. The van der Waals surface area contributed by atoms with Crippen LogP contribution in [0.15, 0.2) is 61.1 Å². The number of aromatic nitrogens is 2. The lowest BCUT2D eigenvalue weighted by molar-refractivity contribution is 0.0687. The minimum Gasteiger partial charge on any atom is -0.497 e. The monoisotopic (exact) mass is 430 g/mol. The van der Waals surface area contributed by atoms with Crippen LogP contribution in [-0.4, -0.2) is 59.2 Å². The highest BCUT2D eigenvalue weighted by Crippen LogP contribution is 2.49. The lowest BCUT2D eigenvalue weighted by Crippen LogP contribution is -2.48. The molecule has 0 radical (unpaired) electrons. The van der Waals surface area contributed by atoms with E-state index in [4.69, 9.17) is 4.74 Å². The van der Waals surface area contributed by atoms with Crippen molar-refractivity contribution in [1.29, 1.82) is 0 Å². The number of carbonyl (C=O) groups excluding carboxylic acids is 1. The van der Waals surface area contributed by atoms with Crippen molar-refractivity contribution < 1.29 is 14.6 Å². The summed E-state index contributed by atoms with van der Waals surface area (Å²) in [4.78, 5) is 25.7. The molecule has 1 amide bonds. The molecule has 3 heterocycles. The van der Waals surface area contributed by atoms with Gasteiger partial charge in [0.05, 0.1) is 32.0 Å². The third kappa shape index (κ3) is 3.29. The third-order valence-corrected chi connectivity index (χ3v) is 6.82. The first kappa shape index (κ1) is 20.5. The maximum atomic E-state index is 13.3. The molecular weight excluding hydrogens is 404 g/mol. The van der Waals surface area contributed by atoms with Crippen molar-refractivity contribution in [3.05, 3.63) is 72.3 Å². The molecule has 1 aromatic heterocycles. The Morgan fingerprint density at radius 3 is 2.62 bits per heavy atom. The van der Waals surface area contributed by atoms with E-state index in [0.717, 1.165) is 34.5 Å². The minimum absolute atomic E-state index is 0.0426. The van der Waals surface area contributed by atoms with E-state index in [2.05, 4.69) is 33.1 Å². The van der Waals surface area contributed by atoms with Gasteiger partial charge in [0.1, 0.15) is 11.4 Å². The molecule has 164 valence electrons. The van der Waals surface area contributed by atoms with Crippen molar-refractivity contribution in [2.45, 2.75) is 18.5 Å². The van der Waals surface area contributed by atoms with E-state index in [0.29, 0.717) is 12.2 Å². The zero-order valence-electron chi connectivity index (χ0n) is 18.2. The Morgan fingerprint density at radius 2 is 1.94 bits per heavy atom. The maximum Gasteiger partial charge on any atom is 0.274 e. The molecule has 1 N–H and O–H groups in total. The van der Waals surface area contributed by atoms with Gasteiger partial charge in [0.25, 0.3) is 5.91 Å². The van der Waals surface area contributed by atoms with E-state index in [1.165, 1.54) is 6.20 Å². The van der Waals surface area contributed by atoms with E-state index in [9.17, 15) is 9.90 Å². The Hall–Kier alpha value is -3.45. The quantitative estimate of drug-likeness (QED) is 0.685. The van der Waals surface area contributed by atoms with E-state index in [1.807, 2.05) is 36.2 Å². The van der Waals surface area contributed by atoms with E-state index in [-0.39, 0.29) is 30.5 Å². The minimum atomic E-state index is -0.119. The van der Waals surface area contributed by atoms with Gasteiger partial charge in [-0.3, -0.25) is 9.78 Å². The number of carbonyl (C=O) groups is 1. The molecule has 1 fully saturated rings. The highest BCUT2D eigenvalue weighted by atomic mass is 16.5. The van der Waals surface area contributed by atoms with Crippen molar-refractivity contribution in [2.75, 3.05) is 32.2 Å². The summed E-state index contributed by atoms with van der Waals surface area (Å²) >= 11 is 0. The summed E-state index contributed by atoms with van der Waals surface area (Å²) in [6.07, 6.45) is 5.46. The average Bonchev–Trinajstić information content (AvgIpc) is 3.29. The molecule has 7 nitrogen and oxygen atoms in total. The van der Waals surface area contributed by atoms with E-state index in [1.54, 1.807) is 19.5 Å². The number of methoxy groups -OCH3 is 1. The largest absolute Gasteiger partial charge is 0.497 e. The number of likely N-dealkylation sites (N-methyl/N-ethyl adjacent to an activating group) is 1. The normalized spacial score (nSPS) is 21.8. The molecule has 2 aliphatic rings. The van der Waals surface area contributed by atoms with Gasteiger partial charge in [-0.2, -0.15) is 0 Å². The van der Waals surface area contributed by atoms with Crippen LogP contribution < -0.4 is 9.64 Å². The number of rotatable bonds is 4. The summed E-state index contributed by atoms with van der Waals surface area (Å²) in [7, 11) is 3.68. The number of hydrogen-bond acceptors (Lipinski definition) is 6. The molecule has 7 heteroatoms. The smallest absolute Gasteiger partial charge is 0.274 e. The molecule has 3 aromatic rings. The van der Waals surface area contributed by atoms with E-state index < -0.39 is 0 Å². The van der Waals surface area contributed by atoms with Gasteiger partial charge in [0, 0.05) is 37.6 Å². The number of aliphatic hydroxyl groups excluding tert-OH is 1. The lowest BCUT2D eigenvalue weighted by Gasteiger charge is -2.44. The Morgan fingerprint density at radius 1 is 1.16 bits per heavy atom. The van der Waals surface area contributed by atoms with Crippen LogP contribution in [-0.2, 0) is 0 Å². The highest BCUT2D eigenvalue weighted by Gasteiger charge is 2.48. The van der Waals surface area contributed by atoms with Gasteiger partial charge in [-0.25, -0.2) is 4.98 Å². The fraction of sp³-hybridized carbons (Fsp3) is 0.320. The summed E-state index contributed by atoms with van der Waals surface area (Å²) in [6, 6.07) is 14.2. The summed E-state index contributed by atoms with van der Waals surface area (Å²) in [5.74, 6) is 0.839. The number of likely N-dealkylation sites (tertiary alicyclic amines) is 1. The van der Waals surface area contributed by atoms with Crippen LogP contribution in [0.2, 0.25) is 0 Å². The molecule has 2 aromatic carbocycles. The predicted octanol–water partition coefficient (Wildman–Crippen LogP) is 3.17. The standard InChI is InChI=1S/C25H26N4O3/c1-28-22-8-5-17(16-3-6-18(32-2)7-4-16)13-20(22)24-19(23(28)15-30)9-12-29(24)25(31)21-14-26-10-11-27-21/h3-8,10-11,13-14,19,23-24,30H,9,12,15H2,1-2H3/t19-,23+,24-/m0/s1. The zero-order chi connectivity index (χ0) is 22.2. The van der Waals surface area contributed by atoms with Crippen LogP contribution in [0.4, 0.5) is 5.69 Å². The molecule has 2 aliphatic heterocycles. The number of nitrogens with zero attached hydrogens (tertiary/aromatic N) is 4. The maximum absolute atomic E-state index is 13.3. The summed E-state index contributed by atoms with van der Waals surface area (Å²) in [5.41, 5.74) is 4.66. The van der Waals surface area contributed by atoms with Crippen LogP contribution in [0, 0.1) is 5.92 Å². The zero-order valence-corrected chi connectivity index (χ0v) is 18.2. The van der Waals surface area contributed by atoms with Crippen molar-refractivity contribution in [2.24, 2.45) is 5.92 Å². The Bertz CT molecular complexity index is 1120. The lowest BCUT2D eigenvalue weighted by atomic mass is 9.81. The van der Waals surface area contributed by atoms with Crippen LogP contribution >= 0.6 is 0 Å². The van der Waals surface area contributed by atoms with Crippen molar-refractivity contribution in [3.63, 3.8) is 0 Å². The first-order valence-electron chi connectivity index (χ1n) is 10.8. The first-order chi connectivity index (χ1) is 15.6. The fourth-order valence-electron chi connectivity index (χ4n) is 5.20. The summed E-state index contributed by atoms with van der Waals surface area (Å²) in [5, 5.41) is 10.2. The topological polar surface area (TPSA) is 78.8 Å². The molecule has 0 spiro atoms. The van der Waals surface area contributed by atoms with Crippen LogP contribution in [0.5, 0.6) is 5.75 Å². The molecular formula is C25H26N4O3. The SMILES string of the molecule is COc1ccc(-c2ccc3c(c2)[C@@H]2[C@@H](CCN2C(=O)c2cnccn2)[C@@H](CO)N3C)cc1. The number of anilines is 1. The second-order valence-corrected chi connectivity index (χ2v) is 8.35. The van der Waals surface area contributed by atoms with Gasteiger partial charge in [-0.1, -0.05) is 18.2 Å². The third-order valence-electron chi connectivity index (χ3n) is 6.82. The Labute approximate surface area is 187 Å². The molecule has 0 unspecified atom stereocenters. The van der Waals surface area contributed by atoms with Gasteiger partial charge >= 0.3 is 0 Å². The van der Waals surface area contributed by atoms with Gasteiger partial charge in [0.15, 0.2) is 0 Å². The van der Waals surface area contributed by atoms with Crippen molar-refractivity contribution >= 4 is 11.6 Å². The Balaban J connectivity index is 1.59. The van der Waals surface area contributed by atoms with Crippen LogP contribution in [0.25, 0.3) is 11.1 Å². The molecule has 0 bridgehead atoms. The van der Waals surface area contributed by atoms with Crippen LogP contribution in [0.3, 0.4) is 0 Å². The van der Waals surface area contributed by atoms with Crippen molar-refractivity contribution in [1.82, 2.24) is 14.9 Å². The van der Waals surface area contributed by atoms with Gasteiger partial charge in [-0.05, 0) is 47.4 Å². The molecule has 32 heavy (non-hydrogen) atoms. The molecule has 0 aliphatic carbocycles. The highest BCUT2D eigenvalue weighted by molar-refractivity contribution is 5.93. The second kappa shape index (κ2) is 8.24. The van der Waals surface area contributed by atoms with E-state index >= 15 is 0 Å². The number of ether oxygens (including phenoxy) is 1. The summed E-state index contributed by atoms with van der Waals surface area (Å²) in [6.45, 7) is 0.672. The number of amides is 1. The van der Waals surface area contributed by atoms with Crippen LogP contribution in [0.1, 0.15) is 28.5 Å². The number of aliphatic hydroxyl groups is 1. The molecule has 5 rings (SSSR count). The van der Waals surface area contributed by atoms with Gasteiger partial charge < -0.3 is 19.6 Å². The number of fused-ring (bicyclic) bond motifs is 3. The molecule has 0 saturated carbocycles. The van der Waals surface area contributed by atoms with Gasteiger partial charge in [-0.15, -0.1) is 0 Å². The number of hydrogen-bond donors (Lipinski definition) is 1. The summed E-state index contributed by atoms with van der Waals surface area (Å²) < 4.78 is 5.29. The second-order valence-electron chi connectivity index (χ2n) is 8.35. The predicted molar refractivity (Wildman–Crippen MR) is 122 cm³/mol. The first-order valence-corrected chi connectivity index (χ1v) is 10.8. The van der Waals surface area contributed by atoms with Gasteiger partial charge in [0.2, 0.25) is 0 Å².